The second-order valence-electron chi connectivity index (χ2n) is 4.99. The van der Waals surface area contributed by atoms with Crippen molar-refractivity contribution in [2.75, 3.05) is 5.32 Å². The van der Waals surface area contributed by atoms with E-state index in [1.807, 2.05) is 0 Å². The number of imide groups is 1. The van der Waals surface area contributed by atoms with Gasteiger partial charge in [0.15, 0.2) is 11.4 Å². The van der Waals surface area contributed by atoms with Gasteiger partial charge in [-0.15, -0.1) is 0 Å². The Labute approximate surface area is 150 Å². The summed E-state index contributed by atoms with van der Waals surface area (Å²) in [6.45, 7) is 0. The average Bonchev–Trinajstić information content (AvgIpc) is 2.92. The van der Waals surface area contributed by atoms with Gasteiger partial charge in [-0.1, -0.05) is 12.1 Å². The molecule has 2 aromatic rings. The summed E-state index contributed by atoms with van der Waals surface area (Å²) >= 11 is 0.781. The molecular formula is C16H10N4O5S. The maximum atomic E-state index is 12.3. The Hall–Kier alpha value is -3.53. The van der Waals surface area contributed by atoms with Crippen LogP contribution in [0.1, 0.15) is 26.5 Å². The van der Waals surface area contributed by atoms with Crippen molar-refractivity contribution in [2.45, 2.75) is 0 Å². The van der Waals surface area contributed by atoms with Crippen LogP contribution in [0.25, 0.3) is 6.08 Å². The van der Waals surface area contributed by atoms with E-state index in [4.69, 9.17) is 5.11 Å². The smallest absolute Gasteiger partial charge is 0.356 e. The summed E-state index contributed by atoms with van der Waals surface area (Å²) in [4.78, 5) is 53.8. The van der Waals surface area contributed by atoms with E-state index in [0.717, 1.165) is 11.8 Å². The molecule has 1 aromatic carbocycles. The second kappa shape index (κ2) is 7.15. The van der Waals surface area contributed by atoms with Crippen molar-refractivity contribution in [3.05, 3.63) is 58.5 Å². The zero-order chi connectivity index (χ0) is 18.7. The normalized spacial score (nSPS) is 15.0. The lowest BCUT2D eigenvalue weighted by Crippen LogP contribution is -2.19. The number of carbonyl (C=O) groups excluding carboxylic acids is 3. The van der Waals surface area contributed by atoms with Gasteiger partial charge in [-0.25, -0.2) is 14.8 Å². The third-order valence-corrected chi connectivity index (χ3v) is 4.01. The summed E-state index contributed by atoms with van der Waals surface area (Å²) in [6.07, 6.45) is 3.90. The summed E-state index contributed by atoms with van der Waals surface area (Å²) in [5.74, 6) is -2.58. The molecule has 10 heteroatoms. The fourth-order valence-corrected chi connectivity index (χ4v) is 2.81. The van der Waals surface area contributed by atoms with Crippen molar-refractivity contribution < 1.29 is 24.3 Å². The van der Waals surface area contributed by atoms with Gasteiger partial charge in [-0.2, -0.15) is 0 Å². The molecule has 130 valence electrons. The maximum absolute atomic E-state index is 12.3. The van der Waals surface area contributed by atoms with Gasteiger partial charge in [-0.05, 0) is 35.5 Å². The number of thioether (sulfide) groups is 1. The third-order valence-electron chi connectivity index (χ3n) is 3.20. The first-order chi connectivity index (χ1) is 12.4. The molecule has 26 heavy (non-hydrogen) atoms. The van der Waals surface area contributed by atoms with E-state index in [0.29, 0.717) is 11.3 Å². The molecule has 0 aliphatic carbocycles. The van der Waals surface area contributed by atoms with Crippen LogP contribution >= 0.6 is 11.8 Å². The van der Waals surface area contributed by atoms with E-state index in [9.17, 15) is 19.2 Å². The maximum Gasteiger partial charge on any atom is 0.356 e. The molecule has 0 spiro atoms. The van der Waals surface area contributed by atoms with Gasteiger partial charge in [0.05, 0.1) is 4.91 Å². The Morgan fingerprint density at radius 3 is 2.54 bits per heavy atom. The molecule has 9 nitrogen and oxygen atoms in total. The number of carboxylic acids is 1. The van der Waals surface area contributed by atoms with Crippen molar-refractivity contribution in [2.24, 2.45) is 0 Å². The van der Waals surface area contributed by atoms with Gasteiger partial charge >= 0.3 is 5.97 Å². The van der Waals surface area contributed by atoms with E-state index < -0.39 is 28.7 Å². The molecule has 1 aliphatic heterocycles. The molecule has 0 radical (unpaired) electrons. The van der Waals surface area contributed by atoms with Crippen LogP contribution in [-0.2, 0) is 4.79 Å². The highest BCUT2D eigenvalue weighted by molar-refractivity contribution is 8.18. The van der Waals surface area contributed by atoms with Crippen LogP contribution in [0, 0.1) is 0 Å². The van der Waals surface area contributed by atoms with Crippen molar-refractivity contribution in [3.8, 4) is 0 Å². The first-order valence-corrected chi connectivity index (χ1v) is 7.96. The van der Waals surface area contributed by atoms with Crippen LogP contribution < -0.4 is 10.6 Å². The van der Waals surface area contributed by atoms with Crippen molar-refractivity contribution >= 4 is 46.5 Å². The number of nitrogens with zero attached hydrogens (tertiary/aromatic N) is 2. The molecule has 0 atom stereocenters. The summed E-state index contributed by atoms with van der Waals surface area (Å²) in [5.41, 5.74) is 0.162. The third kappa shape index (κ3) is 3.75. The molecule has 3 amide bonds. The van der Waals surface area contributed by atoms with Gasteiger partial charge in [-0.3, -0.25) is 19.7 Å². The average molecular weight is 370 g/mol. The number of anilines is 1. The standard InChI is InChI=1S/C16H10N4O5S/c21-13-10(26-16(25)20-13)7-8-2-1-3-9(6-8)19-14(22)11-12(15(23)24)18-5-4-17-11/h1-7H,(H,19,22)(H,23,24)(H,20,21,25). The monoisotopic (exact) mass is 370 g/mol. The summed E-state index contributed by atoms with van der Waals surface area (Å²) < 4.78 is 0. The number of carboxylic acid groups (broad SMARTS) is 1. The molecule has 2 heterocycles. The van der Waals surface area contributed by atoms with Crippen molar-refractivity contribution in [1.29, 1.82) is 0 Å². The second-order valence-corrected chi connectivity index (χ2v) is 6.01. The minimum Gasteiger partial charge on any atom is -0.476 e. The molecule has 1 aromatic heterocycles. The van der Waals surface area contributed by atoms with Crippen LogP contribution in [0.15, 0.2) is 41.6 Å². The van der Waals surface area contributed by atoms with E-state index in [1.165, 1.54) is 18.5 Å². The van der Waals surface area contributed by atoms with E-state index >= 15 is 0 Å². The van der Waals surface area contributed by atoms with Gasteiger partial charge in [0.1, 0.15) is 0 Å². The summed E-state index contributed by atoms with van der Waals surface area (Å²) in [6, 6.07) is 6.47. The lowest BCUT2D eigenvalue weighted by molar-refractivity contribution is -0.115. The molecule has 1 fully saturated rings. The topological polar surface area (TPSA) is 138 Å². The number of carbonyl (C=O) groups is 4. The Balaban J connectivity index is 1.83. The molecule has 0 bridgehead atoms. The van der Waals surface area contributed by atoms with Gasteiger partial charge in [0.25, 0.3) is 17.1 Å². The van der Waals surface area contributed by atoms with Crippen LogP contribution in [0.3, 0.4) is 0 Å². The van der Waals surface area contributed by atoms with Gasteiger partial charge in [0.2, 0.25) is 0 Å². The predicted molar refractivity (Wildman–Crippen MR) is 92.5 cm³/mol. The molecule has 1 aliphatic rings. The number of rotatable bonds is 4. The van der Waals surface area contributed by atoms with E-state index in [-0.39, 0.29) is 10.6 Å². The number of aromatic carboxylic acids is 1. The Bertz CT molecular complexity index is 973. The predicted octanol–water partition coefficient (Wildman–Crippen LogP) is 1.75. The Kier molecular flexibility index (Phi) is 4.76. The Morgan fingerprint density at radius 2 is 1.88 bits per heavy atom. The lowest BCUT2D eigenvalue weighted by atomic mass is 10.1. The van der Waals surface area contributed by atoms with Crippen LogP contribution in [0.4, 0.5) is 10.5 Å². The van der Waals surface area contributed by atoms with E-state index in [2.05, 4.69) is 20.6 Å². The van der Waals surface area contributed by atoms with Crippen molar-refractivity contribution in [1.82, 2.24) is 15.3 Å². The zero-order valence-electron chi connectivity index (χ0n) is 12.9. The number of benzene rings is 1. The van der Waals surface area contributed by atoms with Gasteiger partial charge < -0.3 is 10.4 Å². The van der Waals surface area contributed by atoms with Crippen LogP contribution in [0.2, 0.25) is 0 Å². The number of hydrogen-bond acceptors (Lipinski definition) is 7. The minimum absolute atomic E-state index is 0.237. The van der Waals surface area contributed by atoms with E-state index in [1.54, 1.807) is 24.3 Å². The number of amides is 3. The highest BCUT2D eigenvalue weighted by atomic mass is 32.2. The van der Waals surface area contributed by atoms with Gasteiger partial charge in [0, 0.05) is 18.1 Å². The lowest BCUT2D eigenvalue weighted by Gasteiger charge is -2.07. The summed E-state index contributed by atoms with van der Waals surface area (Å²) in [5, 5.41) is 13.3. The molecule has 0 unspecified atom stereocenters. The first kappa shape index (κ1) is 17.3. The fourth-order valence-electron chi connectivity index (χ4n) is 2.13. The fraction of sp³-hybridized carbons (Fsp3) is 0. The van der Waals surface area contributed by atoms with Crippen LogP contribution in [0.5, 0.6) is 0 Å². The number of hydrogen-bond donors (Lipinski definition) is 3. The highest BCUT2D eigenvalue weighted by Gasteiger charge is 2.25. The summed E-state index contributed by atoms with van der Waals surface area (Å²) in [7, 11) is 0. The van der Waals surface area contributed by atoms with Crippen LogP contribution in [-0.4, -0.2) is 38.1 Å². The molecule has 0 saturated carbocycles. The molecule has 3 N–H and O–H groups in total. The molecular weight excluding hydrogens is 360 g/mol. The number of aromatic nitrogens is 2. The Morgan fingerprint density at radius 1 is 1.15 bits per heavy atom. The highest BCUT2D eigenvalue weighted by Crippen LogP contribution is 2.26. The molecule has 1 saturated heterocycles. The quantitative estimate of drug-likeness (QED) is 0.692. The zero-order valence-corrected chi connectivity index (χ0v) is 13.7. The molecule has 3 rings (SSSR count). The number of nitrogens with one attached hydrogen (secondary N) is 2. The minimum atomic E-state index is -1.37. The first-order valence-electron chi connectivity index (χ1n) is 7.14. The SMILES string of the molecule is O=C1NC(=O)C(=Cc2cccc(NC(=O)c3nccnc3C(=O)O)c2)S1. The largest absolute Gasteiger partial charge is 0.476 e. The van der Waals surface area contributed by atoms with Crippen molar-refractivity contribution in [3.63, 3.8) is 0 Å².